The SMILES string of the molecule is C.CC(C)C(C)C(C)C(C)C(C)C. The average molecular weight is 186 g/mol. The highest BCUT2D eigenvalue weighted by molar-refractivity contribution is 4.72. The van der Waals surface area contributed by atoms with Gasteiger partial charge < -0.3 is 0 Å². The Morgan fingerprint density at radius 1 is 0.462 bits per heavy atom. The standard InChI is InChI=1S/C12H26.CH4/c1-8(2)10(5)12(7)11(6)9(3)4;/h8-12H,1-7H3;1H4. The Balaban J connectivity index is 0. The summed E-state index contributed by atoms with van der Waals surface area (Å²) in [4.78, 5) is 0. The molecule has 0 heteroatoms. The third kappa shape index (κ3) is 4.69. The first kappa shape index (κ1) is 15.5. The maximum Gasteiger partial charge on any atom is -0.0386 e. The fourth-order valence-corrected chi connectivity index (χ4v) is 1.69. The molecular formula is C13H30. The lowest BCUT2D eigenvalue weighted by Gasteiger charge is -2.31. The van der Waals surface area contributed by atoms with E-state index in [1.807, 2.05) is 0 Å². The minimum atomic E-state index is 0. The lowest BCUT2D eigenvalue weighted by molar-refractivity contribution is 0.184. The first-order valence-corrected chi connectivity index (χ1v) is 5.37. The second-order valence-corrected chi connectivity index (χ2v) is 5.07. The molecule has 0 amide bonds. The van der Waals surface area contributed by atoms with Crippen molar-refractivity contribution in [2.75, 3.05) is 0 Å². The zero-order valence-electron chi connectivity index (χ0n) is 9.89. The summed E-state index contributed by atoms with van der Waals surface area (Å²) in [5, 5.41) is 0. The molecule has 2 atom stereocenters. The van der Waals surface area contributed by atoms with Gasteiger partial charge in [0.05, 0.1) is 0 Å². The van der Waals surface area contributed by atoms with E-state index in [0.717, 1.165) is 29.6 Å². The van der Waals surface area contributed by atoms with Gasteiger partial charge in [-0.05, 0) is 29.6 Å². The van der Waals surface area contributed by atoms with Crippen LogP contribution in [0.25, 0.3) is 0 Å². The van der Waals surface area contributed by atoms with E-state index in [9.17, 15) is 0 Å². The molecule has 0 saturated heterocycles. The monoisotopic (exact) mass is 186 g/mol. The van der Waals surface area contributed by atoms with Crippen LogP contribution in [-0.2, 0) is 0 Å². The predicted molar refractivity (Wildman–Crippen MR) is 63.9 cm³/mol. The molecular weight excluding hydrogens is 156 g/mol. The Labute approximate surface area is 86.1 Å². The molecule has 0 radical (unpaired) electrons. The molecule has 0 aromatic heterocycles. The van der Waals surface area contributed by atoms with Crippen molar-refractivity contribution in [1.29, 1.82) is 0 Å². The van der Waals surface area contributed by atoms with E-state index < -0.39 is 0 Å². The molecule has 0 heterocycles. The van der Waals surface area contributed by atoms with Gasteiger partial charge in [-0.15, -0.1) is 0 Å². The first-order chi connectivity index (χ1) is 5.37. The van der Waals surface area contributed by atoms with Crippen LogP contribution >= 0.6 is 0 Å². The van der Waals surface area contributed by atoms with Crippen molar-refractivity contribution in [2.24, 2.45) is 29.6 Å². The summed E-state index contributed by atoms with van der Waals surface area (Å²) in [6.07, 6.45) is 0. The van der Waals surface area contributed by atoms with Crippen LogP contribution in [0.2, 0.25) is 0 Å². The molecule has 0 N–H and O–H groups in total. The normalized spacial score (nSPS) is 18.2. The Morgan fingerprint density at radius 2 is 0.692 bits per heavy atom. The number of hydrogen-bond donors (Lipinski definition) is 0. The van der Waals surface area contributed by atoms with Crippen LogP contribution in [0, 0.1) is 29.6 Å². The van der Waals surface area contributed by atoms with Gasteiger partial charge in [0.25, 0.3) is 0 Å². The Morgan fingerprint density at radius 3 is 0.846 bits per heavy atom. The van der Waals surface area contributed by atoms with E-state index in [0.29, 0.717) is 0 Å². The molecule has 0 nitrogen and oxygen atoms in total. The number of hydrogen-bond acceptors (Lipinski definition) is 0. The van der Waals surface area contributed by atoms with Crippen LogP contribution in [0.4, 0.5) is 0 Å². The van der Waals surface area contributed by atoms with E-state index in [1.54, 1.807) is 0 Å². The molecule has 0 aromatic carbocycles. The van der Waals surface area contributed by atoms with Crippen LogP contribution < -0.4 is 0 Å². The van der Waals surface area contributed by atoms with E-state index in [-0.39, 0.29) is 7.43 Å². The van der Waals surface area contributed by atoms with Gasteiger partial charge in [-0.2, -0.15) is 0 Å². The van der Waals surface area contributed by atoms with E-state index in [1.165, 1.54) is 0 Å². The maximum absolute atomic E-state index is 2.40. The topological polar surface area (TPSA) is 0 Å². The third-order valence-electron chi connectivity index (χ3n) is 3.76. The van der Waals surface area contributed by atoms with E-state index in [4.69, 9.17) is 0 Å². The quantitative estimate of drug-likeness (QED) is 0.589. The molecule has 0 aliphatic heterocycles. The first-order valence-electron chi connectivity index (χ1n) is 5.37. The molecule has 2 unspecified atom stereocenters. The van der Waals surface area contributed by atoms with Gasteiger partial charge in [0.2, 0.25) is 0 Å². The molecule has 0 saturated carbocycles. The highest BCUT2D eigenvalue weighted by Gasteiger charge is 2.23. The second-order valence-electron chi connectivity index (χ2n) is 5.07. The smallest absolute Gasteiger partial charge is 0.0386 e. The molecule has 0 bridgehead atoms. The lowest BCUT2D eigenvalue weighted by Crippen LogP contribution is -2.24. The van der Waals surface area contributed by atoms with Gasteiger partial charge in [0.1, 0.15) is 0 Å². The largest absolute Gasteiger partial charge is 0.0776 e. The lowest BCUT2D eigenvalue weighted by atomic mass is 9.75. The summed E-state index contributed by atoms with van der Waals surface area (Å²) in [6.45, 7) is 16.5. The Hall–Kier alpha value is 0. The molecule has 82 valence electrons. The molecule has 0 fully saturated rings. The van der Waals surface area contributed by atoms with E-state index in [2.05, 4.69) is 48.5 Å². The van der Waals surface area contributed by atoms with Crippen molar-refractivity contribution in [1.82, 2.24) is 0 Å². The Kier molecular flexibility index (Phi) is 7.68. The fraction of sp³-hybridized carbons (Fsp3) is 1.00. The molecule has 0 rings (SSSR count). The third-order valence-corrected chi connectivity index (χ3v) is 3.76. The van der Waals surface area contributed by atoms with Gasteiger partial charge in [-0.25, -0.2) is 0 Å². The predicted octanol–water partition coefficient (Wildman–Crippen LogP) is 4.84. The summed E-state index contributed by atoms with van der Waals surface area (Å²) in [5.41, 5.74) is 0. The molecule has 0 aliphatic carbocycles. The van der Waals surface area contributed by atoms with Gasteiger partial charge >= 0.3 is 0 Å². The van der Waals surface area contributed by atoms with Crippen LogP contribution in [0.15, 0.2) is 0 Å². The van der Waals surface area contributed by atoms with E-state index >= 15 is 0 Å². The van der Waals surface area contributed by atoms with Gasteiger partial charge in [0.15, 0.2) is 0 Å². The fourth-order valence-electron chi connectivity index (χ4n) is 1.69. The minimum absolute atomic E-state index is 0. The number of rotatable bonds is 4. The highest BCUT2D eigenvalue weighted by Crippen LogP contribution is 2.30. The van der Waals surface area contributed by atoms with Crippen molar-refractivity contribution >= 4 is 0 Å². The zero-order valence-corrected chi connectivity index (χ0v) is 9.89. The second kappa shape index (κ2) is 6.45. The van der Waals surface area contributed by atoms with Gasteiger partial charge in [0, 0.05) is 0 Å². The summed E-state index contributed by atoms with van der Waals surface area (Å²) < 4.78 is 0. The molecule has 13 heavy (non-hydrogen) atoms. The van der Waals surface area contributed by atoms with Crippen LogP contribution in [-0.4, -0.2) is 0 Å². The molecule has 0 aliphatic rings. The van der Waals surface area contributed by atoms with Crippen LogP contribution in [0.1, 0.15) is 55.9 Å². The Bertz CT molecular complexity index is 99.2. The summed E-state index contributed by atoms with van der Waals surface area (Å²) >= 11 is 0. The van der Waals surface area contributed by atoms with Crippen LogP contribution in [0.5, 0.6) is 0 Å². The maximum atomic E-state index is 2.40. The van der Waals surface area contributed by atoms with Gasteiger partial charge in [-0.3, -0.25) is 0 Å². The molecule has 0 aromatic rings. The summed E-state index contributed by atoms with van der Waals surface area (Å²) in [6, 6.07) is 0. The van der Waals surface area contributed by atoms with Gasteiger partial charge in [-0.1, -0.05) is 55.9 Å². The summed E-state index contributed by atoms with van der Waals surface area (Å²) in [5.74, 6) is 4.19. The van der Waals surface area contributed by atoms with Crippen molar-refractivity contribution in [3.05, 3.63) is 0 Å². The van der Waals surface area contributed by atoms with Crippen molar-refractivity contribution in [2.45, 2.75) is 55.9 Å². The highest BCUT2D eigenvalue weighted by atomic mass is 14.3. The average Bonchev–Trinajstić information content (AvgIpc) is 2.00. The van der Waals surface area contributed by atoms with Crippen molar-refractivity contribution < 1.29 is 0 Å². The molecule has 0 spiro atoms. The van der Waals surface area contributed by atoms with Crippen LogP contribution in [0.3, 0.4) is 0 Å². The van der Waals surface area contributed by atoms with Crippen molar-refractivity contribution in [3.8, 4) is 0 Å². The summed E-state index contributed by atoms with van der Waals surface area (Å²) in [7, 11) is 0. The zero-order chi connectivity index (χ0) is 9.89. The van der Waals surface area contributed by atoms with Crippen molar-refractivity contribution in [3.63, 3.8) is 0 Å². The minimum Gasteiger partial charge on any atom is -0.0776 e.